The molecular formula is C11H18BNO3. The van der Waals surface area contributed by atoms with E-state index in [1.807, 2.05) is 0 Å². The van der Waals surface area contributed by atoms with Gasteiger partial charge in [0.05, 0.1) is 0 Å². The van der Waals surface area contributed by atoms with Crippen molar-refractivity contribution >= 4 is 13.0 Å². The van der Waals surface area contributed by atoms with Crippen LogP contribution < -0.4 is 0 Å². The molecule has 1 amide bonds. The smallest absolute Gasteiger partial charge is 0.396 e. The van der Waals surface area contributed by atoms with E-state index >= 15 is 0 Å². The van der Waals surface area contributed by atoms with Crippen LogP contribution in [0.15, 0.2) is 0 Å². The molecule has 0 aromatic heterocycles. The standard InChI is InChI=1S/C11H18BNO3/c1-5-7-8-12-15-9(6-2)10(16-12)11(14)13(3)4/h2,9-10H,5,7-8H2,1,3-4H3/t9-,10+/m1/s1. The summed E-state index contributed by atoms with van der Waals surface area (Å²) in [4.78, 5) is 13.2. The molecular weight excluding hydrogens is 205 g/mol. The lowest BCUT2D eigenvalue weighted by atomic mass is 9.83. The first-order valence-corrected chi connectivity index (χ1v) is 5.58. The number of rotatable bonds is 4. The van der Waals surface area contributed by atoms with Gasteiger partial charge < -0.3 is 14.2 Å². The molecule has 0 aromatic rings. The van der Waals surface area contributed by atoms with Crippen molar-refractivity contribution in [2.75, 3.05) is 14.1 Å². The van der Waals surface area contributed by atoms with Gasteiger partial charge in [-0.2, -0.15) is 0 Å². The Balaban J connectivity index is 2.58. The second-order valence-electron chi connectivity index (χ2n) is 4.08. The van der Waals surface area contributed by atoms with Crippen LogP contribution in [0.2, 0.25) is 6.32 Å². The molecule has 5 heteroatoms. The van der Waals surface area contributed by atoms with E-state index < -0.39 is 12.2 Å². The summed E-state index contributed by atoms with van der Waals surface area (Å²) in [7, 11) is 3.02. The van der Waals surface area contributed by atoms with Gasteiger partial charge in [0.15, 0.2) is 6.10 Å². The van der Waals surface area contributed by atoms with E-state index in [0.29, 0.717) is 0 Å². The van der Waals surface area contributed by atoms with Gasteiger partial charge in [-0.15, -0.1) is 6.42 Å². The number of hydrogen-bond donors (Lipinski definition) is 0. The second kappa shape index (κ2) is 5.93. The van der Waals surface area contributed by atoms with Crippen molar-refractivity contribution in [3.05, 3.63) is 0 Å². The van der Waals surface area contributed by atoms with Gasteiger partial charge >= 0.3 is 7.12 Å². The zero-order chi connectivity index (χ0) is 12.1. The van der Waals surface area contributed by atoms with Crippen LogP contribution in [0.1, 0.15) is 19.8 Å². The van der Waals surface area contributed by atoms with Gasteiger partial charge in [0, 0.05) is 14.1 Å². The first-order valence-electron chi connectivity index (χ1n) is 5.58. The average molecular weight is 223 g/mol. The minimum atomic E-state index is -0.651. The van der Waals surface area contributed by atoms with Crippen LogP contribution in [-0.2, 0) is 14.1 Å². The topological polar surface area (TPSA) is 38.8 Å². The van der Waals surface area contributed by atoms with E-state index in [9.17, 15) is 4.79 Å². The van der Waals surface area contributed by atoms with Gasteiger partial charge in [-0.05, 0) is 6.32 Å². The van der Waals surface area contributed by atoms with Gasteiger partial charge in [-0.3, -0.25) is 4.79 Å². The molecule has 2 atom stereocenters. The van der Waals surface area contributed by atoms with E-state index in [1.54, 1.807) is 14.1 Å². The van der Waals surface area contributed by atoms with E-state index in [0.717, 1.165) is 19.2 Å². The highest BCUT2D eigenvalue weighted by atomic mass is 16.7. The maximum Gasteiger partial charge on any atom is 0.458 e. The predicted octanol–water partition coefficient (Wildman–Crippen LogP) is 0.780. The third kappa shape index (κ3) is 3.00. The largest absolute Gasteiger partial charge is 0.458 e. The molecule has 1 saturated heterocycles. The molecule has 16 heavy (non-hydrogen) atoms. The zero-order valence-electron chi connectivity index (χ0n) is 10.1. The summed E-state index contributed by atoms with van der Waals surface area (Å²) < 4.78 is 11.0. The van der Waals surface area contributed by atoms with Crippen LogP contribution in [0, 0.1) is 12.3 Å². The summed E-state index contributed by atoms with van der Waals surface area (Å²) in [5.74, 6) is 2.32. The molecule has 1 heterocycles. The Labute approximate surface area is 97.4 Å². The molecule has 88 valence electrons. The summed E-state index contributed by atoms with van der Waals surface area (Å²) in [6, 6.07) is 0. The quantitative estimate of drug-likeness (QED) is 0.522. The highest BCUT2D eigenvalue weighted by Gasteiger charge is 2.42. The number of hydrogen-bond acceptors (Lipinski definition) is 3. The lowest BCUT2D eigenvalue weighted by Crippen LogP contribution is -2.39. The molecule has 0 aliphatic carbocycles. The van der Waals surface area contributed by atoms with Crippen LogP contribution in [0.25, 0.3) is 0 Å². The molecule has 1 fully saturated rings. The summed E-state index contributed by atoms with van der Waals surface area (Å²) in [5, 5.41) is 0. The van der Waals surface area contributed by atoms with Gasteiger partial charge in [0.25, 0.3) is 5.91 Å². The lowest BCUT2D eigenvalue weighted by Gasteiger charge is -2.17. The number of amides is 1. The molecule has 0 radical (unpaired) electrons. The molecule has 0 saturated carbocycles. The molecule has 0 spiro atoms. The average Bonchev–Trinajstić information content (AvgIpc) is 2.68. The number of nitrogens with zero attached hydrogens (tertiary/aromatic N) is 1. The van der Waals surface area contributed by atoms with Gasteiger partial charge in [-0.25, -0.2) is 0 Å². The third-order valence-electron chi connectivity index (χ3n) is 2.51. The highest BCUT2D eigenvalue weighted by molar-refractivity contribution is 6.45. The van der Waals surface area contributed by atoms with Crippen molar-refractivity contribution in [1.29, 1.82) is 0 Å². The van der Waals surface area contributed by atoms with Crippen molar-refractivity contribution in [1.82, 2.24) is 4.90 Å². The Bertz CT molecular complexity index is 287. The Kier molecular flexibility index (Phi) is 4.85. The fourth-order valence-corrected chi connectivity index (χ4v) is 1.58. The molecule has 1 aliphatic rings. The number of carbonyl (C=O) groups is 1. The van der Waals surface area contributed by atoms with Crippen LogP contribution in [0.3, 0.4) is 0 Å². The Morgan fingerprint density at radius 2 is 2.19 bits per heavy atom. The van der Waals surface area contributed by atoms with E-state index in [2.05, 4.69) is 12.8 Å². The molecule has 0 bridgehead atoms. The molecule has 0 aromatic carbocycles. The van der Waals surface area contributed by atoms with Crippen LogP contribution in [0.5, 0.6) is 0 Å². The third-order valence-corrected chi connectivity index (χ3v) is 2.51. The maximum absolute atomic E-state index is 11.8. The number of carbonyl (C=O) groups excluding carboxylic acids is 1. The van der Waals surface area contributed by atoms with Crippen molar-refractivity contribution in [3.8, 4) is 12.3 Å². The highest BCUT2D eigenvalue weighted by Crippen LogP contribution is 2.21. The monoisotopic (exact) mass is 223 g/mol. The van der Waals surface area contributed by atoms with Crippen LogP contribution in [-0.4, -0.2) is 44.2 Å². The Morgan fingerprint density at radius 1 is 1.50 bits per heavy atom. The van der Waals surface area contributed by atoms with Crippen LogP contribution >= 0.6 is 0 Å². The second-order valence-corrected chi connectivity index (χ2v) is 4.08. The molecule has 1 aliphatic heterocycles. The first kappa shape index (κ1) is 13.1. The van der Waals surface area contributed by atoms with Crippen LogP contribution in [0.4, 0.5) is 0 Å². The van der Waals surface area contributed by atoms with Crippen molar-refractivity contribution in [3.63, 3.8) is 0 Å². The van der Waals surface area contributed by atoms with Crippen molar-refractivity contribution in [2.45, 2.75) is 38.3 Å². The van der Waals surface area contributed by atoms with Gasteiger partial charge in [0.1, 0.15) is 6.10 Å². The van der Waals surface area contributed by atoms with Crippen molar-refractivity contribution in [2.24, 2.45) is 0 Å². The minimum absolute atomic E-state index is 0.137. The van der Waals surface area contributed by atoms with Gasteiger partial charge in [0.2, 0.25) is 0 Å². The molecule has 4 nitrogen and oxygen atoms in total. The number of likely N-dealkylation sites (N-methyl/N-ethyl adjacent to an activating group) is 1. The van der Waals surface area contributed by atoms with Crippen molar-refractivity contribution < 1.29 is 14.1 Å². The number of terminal acetylenes is 1. The van der Waals surface area contributed by atoms with E-state index in [-0.39, 0.29) is 13.0 Å². The summed E-state index contributed by atoms with van der Waals surface area (Å²) in [6.45, 7) is 2.09. The summed E-state index contributed by atoms with van der Waals surface area (Å²) in [5.41, 5.74) is 0. The molecule has 0 unspecified atom stereocenters. The maximum atomic E-state index is 11.8. The minimum Gasteiger partial charge on any atom is -0.396 e. The fourth-order valence-electron chi connectivity index (χ4n) is 1.58. The Morgan fingerprint density at radius 3 is 2.69 bits per heavy atom. The zero-order valence-corrected chi connectivity index (χ0v) is 10.1. The Hall–Kier alpha value is -0.985. The summed E-state index contributed by atoms with van der Waals surface area (Å²) >= 11 is 0. The SMILES string of the molecule is C#C[C@H]1OB(CCCC)O[C@@H]1C(=O)N(C)C. The van der Waals surface area contributed by atoms with Gasteiger partial charge in [-0.1, -0.05) is 25.7 Å². The number of unbranched alkanes of at least 4 members (excludes halogenated alkanes) is 1. The predicted molar refractivity (Wildman–Crippen MR) is 62.7 cm³/mol. The summed E-state index contributed by atoms with van der Waals surface area (Å²) in [6.07, 6.45) is 6.97. The lowest BCUT2D eigenvalue weighted by molar-refractivity contribution is -0.136. The normalized spacial score (nSPS) is 24.2. The molecule has 0 N–H and O–H groups in total. The fraction of sp³-hybridized carbons (Fsp3) is 0.727. The first-order chi connectivity index (χ1) is 7.60. The van der Waals surface area contributed by atoms with E-state index in [1.165, 1.54) is 4.90 Å². The van der Waals surface area contributed by atoms with E-state index in [4.69, 9.17) is 15.7 Å². The molecule has 1 rings (SSSR count).